The average Bonchev–Trinajstić information content (AvgIpc) is 2.83. The van der Waals surface area contributed by atoms with Crippen LogP contribution in [-0.2, 0) is 11.0 Å². The van der Waals surface area contributed by atoms with Crippen molar-refractivity contribution in [3.05, 3.63) is 54.0 Å². The number of alkyl halides is 3. The predicted molar refractivity (Wildman–Crippen MR) is 111 cm³/mol. The van der Waals surface area contributed by atoms with Crippen LogP contribution in [0, 0.1) is 5.92 Å². The summed E-state index contributed by atoms with van der Waals surface area (Å²) in [6.45, 7) is 2.73. The van der Waals surface area contributed by atoms with Gasteiger partial charge in [-0.25, -0.2) is 9.97 Å². The van der Waals surface area contributed by atoms with E-state index in [9.17, 15) is 22.8 Å². The summed E-state index contributed by atoms with van der Waals surface area (Å²) in [5, 5.41) is 0. The Labute approximate surface area is 183 Å². The molecule has 10 heteroatoms. The number of piperazine rings is 1. The Morgan fingerprint density at radius 2 is 1.53 bits per heavy atom. The smallest absolute Gasteiger partial charge is 0.353 e. The van der Waals surface area contributed by atoms with E-state index in [2.05, 4.69) is 9.97 Å². The highest BCUT2D eigenvalue weighted by molar-refractivity contribution is 5.94. The van der Waals surface area contributed by atoms with Gasteiger partial charge in [0.25, 0.3) is 5.91 Å². The Hall–Kier alpha value is -3.17. The van der Waals surface area contributed by atoms with Crippen molar-refractivity contribution in [3.8, 4) is 0 Å². The Bertz CT molecular complexity index is 954. The monoisotopic (exact) mass is 447 g/mol. The second kappa shape index (κ2) is 9.13. The summed E-state index contributed by atoms with van der Waals surface area (Å²) in [5.41, 5.74) is -0.329. The molecule has 2 aromatic rings. The fourth-order valence-corrected chi connectivity index (χ4v) is 4.18. The number of piperidine rings is 1. The normalized spacial score (nSPS) is 18.0. The molecule has 2 saturated heterocycles. The second-order valence-electron chi connectivity index (χ2n) is 8.00. The molecule has 32 heavy (non-hydrogen) atoms. The molecule has 1 aromatic heterocycles. The maximum absolute atomic E-state index is 13.0. The number of likely N-dealkylation sites (tertiary alicyclic amines) is 1. The topological polar surface area (TPSA) is 69.6 Å². The number of hydrogen-bond acceptors (Lipinski definition) is 5. The van der Waals surface area contributed by atoms with E-state index in [-0.39, 0.29) is 23.6 Å². The highest BCUT2D eigenvalue weighted by Gasteiger charge is 2.35. The van der Waals surface area contributed by atoms with E-state index in [0.717, 1.165) is 12.4 Å². The van der Waals surface area contributed by atoms with Crippen LogP contribution in [0.15, 0.2) is 42.7 Å². The number of hydrogen-bond donors (Lipinski definition) is 0. The molecule has 170 valence electrons. The third kappa shape index (κ3) is 4.84. The highest BCUT2D eigenvalue weighted by atomic mass is 19.4. The van der Waals surface area contributed by atoms with Crippen LogP contribution in [0.2, 0.25) is 0 Å². The molecule has 0 spiro atoms. The summed E-state index contributed by atoms with van der Waals surface area (Å²) in [6, 6.07) is 10.0. The minimum absolute atomic E-state index is 0.0202. The van der Waals surface area contributed by atoms with Crippen molar-refractivity contribution >= 4 is 17.6 Å². The first-order valence-corrected chi connectivity index (χ1v) is 10.6. The molecule has 0 aliphatic carbocycles. The molecule has 4 rings (SSSR count). The van der Waals surface area contributed by atoms with Crippen molar-refractivity contribution in [2.45, 2.75) is 19.0 Å². The number of carbonyl (C=O) groups is 2. The van der Waals surface area contributed by atoms with Crippen molar-refractivity contribution in [2.24, 2.45) is 5.92 Å². The molecule has 3 heterocycles. The molecule has 0 saturated carbocycles. The number of aromatic nitrogens is 2. The molecule has 0 bridgehead atoms. The van der Waals surface area contributed by atoms with Gasteiger partial charge in [-0.1, -0.05) is 18.2 Å². The number of anilines is 1. The Kier molecular flexibility index (Phi) is 6.29. The average molecular weight is 447 g/mol. The first-order chi connectivity index (χ1) is 15.3. The Balaban J connectivity index is 1.29. The molecule has 2 aliphatic heterocycles. The maximum atomic E-state index is 13.0. The first kappa shape index (κ1) is 22.0. The van der Waals surface area contributed by atoms with E-state index in [4.69, 9.17) is 0 Å². The van der Waals surface area contributed by atoms with Crippen molar-refractivity contribution in [1.82, 2.24) is 19.8 Å². The van der Waals surface area contributed by atoms with Gasteiger partial charge in [-0.3, -0.25) is 9.59 Å². The zero-order chi connectivity index (χ0) is 22.7. The molecule has 2 fully saturated rings. The standard InChI is InChI=1S/C22H24F3N5O2/c23-22(24,25)18-14-19(27-15-26-18)28-10-12-30(13-11-28)21(32)17-6-8-29(9-7-17)20(31)16-4-2-1-3-5-16/h1-5,14-15,17H,6-13H2. The number of amides is 2. The van der Waals surface area contributed by atoms with Crippen molar-refractivity contribution < 1.29 is 22.8 Å². The molecule has 7 nitrogen and oxygen atoms in total. The van der Waals surface area contributed by atoms with Gasteiger partial charge in [-0.2, -0.15) is 13.2 Å². The van der Waals surface area contributed by atoms with Crippen LogP contribution < -0.4 is 4.90 Å². The summed E-state index contributed by atoms with van der Waals surface area (Å²) in [5.74, 6) is 0.104. The first-order valence-electron chi connectivity index (χ1n) is 10.6. The van der Waals surface area contributed by atoms with Gasteiger partial charge in [0, 0.05) is 56.8 Å². The fourth-order valence-electron chi connectivity index (χ4n) is 4.18. The third-order valence-corrected chi connectivity index (χ3v) is 6.01. The summed E-state index contributed by atoms with van der Waals surface area (Å²) >= 11 is 0. The number of carbonyl (C=O) groups excluding carboxylic acids is 2. The lowest BCUT2D eigenvalue weighted by atomic mass is 9.94. The van der Waals surface area contributed by atoms with Crippen LogP contribution in [0.1, 0.15) is 28.9 Å². The maximum Gasteiger partial charge on any atom is 0.433 e. The summed E-state index contributed by atoms with van der Waals surface area (Å²) in [6.07, 6.45) is -2.39. The van der Waals surface area contributed by atoms with Crippen LogP contribution >= 0.6 is 0 Å². The van der Waals surface area contributed by atoms with Crippen molar-refractivity contribution in [2.75, 3.05) is 44.2 Å². The molecule has 0 N–H and O–H groups in total. The number of benzene rings is 1. The molecular formula is C22H24F3N5O2. The van der Waals surface area contributed by atoms with Crippen molar-refractivity contribution in [3.63, 3.8) is 0 Å². The van der Waals surface area contributed by atoms with Crippen LogP contribution in [0.25, 0.3) is 0 Å². The highest BCUT2D eigenvalue weighted by Crippen LogP contribution is 2.29. The van der Waals surface area contributed by atoms with E-state index >= 15 is 0 Å². The Morgan fingerprint density at radius 3 is 2.16 bits per heavy atom. The molecule has 0 atom stereocenters. The molecule has 2 amide bonds. The van der Waals surface area contributed by atoms with Crippen LogP contribution in [-0.4, -0.2) is 70.9 Å². The quantitative estimate of drug-likeness (QED) is 0.724. The van der Waals surface area contributed by atoms with E-state index in [1.807, 2.05) is 18.2 Å². The SMILES string of the molecule is O=C(c1ccccc1)N1CCC(C(=O)N2CCN(c3cc(C(F)(F)F)ncn3)CC2)CC1. The summed E-state index contributed by atoms with van der Waals surface area (Å²) in [4.78, 5) is 38.1. The zero-order valence-corrected chi connectivity index (χ0v) is 17.5. The number of rotatable bonds is 3. The molecule has 0 unspecified atom stereocenters. The zero-order valence-electron chi connectivity index (χ0n) is 17.5. The molecule has 2 aliphatic rings. The largest absolute Gasteiger partial charge is 0.433 e. The van der Waals surface area contributed by atoms with Crippen LogP contribution in [0.5, 0.6) is 0 Å². The predicted octanol–water partition coefficient (Wildman–Crippen LogP) is 2.70. The van der Waals surface area contributed by atoms with Gasteiger partial charge in [-0.15, -0.1) is 0 Å². The fraction of sp³-hybridized carbons (Fsp3) is 0.455. The van der Waals surface area contributed by atoms with Gasteiger partial charge < -0.3 is 14.7 Å². The summed E-state index contributed by atoms with van der Waals surface area (Å²) < 4.78 is 38.7. The van der Waals surface area contributed by atoms with E-state index < -0.39 is 11.9 Å². The van der Waals surface area contributed by atoms with Gasteiger partial charge in [0.15, 0.2) is 0 Å². The lowest BCUT2D eigenvalue weighted by molar-refractivity contribution is -0.141. The second-order valence-corrected chi connectivity index (χ2v) is 8.00. The van der Waals surface area contributed by atoms with Crippen LogP contribution in [0.3, 0.4) is 0 Å². The lowest BCUT2D eigenvalue weighted by Gasteiger charge is -2.39. The number of halogens is 3. The minimum Gasteiger partial charge on any atom is -0.353 e. The third-order valence-electron chi connectivity index (χ3n) is 6.01. The lowest BCUT2D eigenvalue weighted by Crippen LogP contribution is -2.52. The van der Waals surface area contributed by atoms with E-state index in [1.54, 1.807) is 26.8 Å². The van der Waals surface area contributed by atoms with Gasteiger partial charge in [-0.05, 0) is 25.0 Å². The van der Waals surface area contributed by atoms with Gasteiger partial charge in [0.1, 0.15) is 17.8 Å². The van der Waals surface area contributed by atoms with E-state index in [0.29, 0.717) is 57.7 Å². The van der Waals surface area contributed by atoms with Gasteiger partial charge in [0.05, 0.1) is 0 Å². The number of nitrogens with zero attached hydrogens (tertiary/aromatic N) is 5. The van der Waals surface area contributed by atoms with Gasteiger partial charge >= 0.3 is 6.18 Å². The Morgan fingerprint density at radius 1 is 0.875 bits per heavy atom. The molecule has 0 radical (unpaired) electrons. The van der Waals surface area contributed by atoms with Crippen LogP contribution in [0.4, 0.5) is 19.0 Å². The minimum atomic E-state index is -4.52. The summed E-state index contributed by atoms with van der Waals surface area (Å²) in [7, 11) is 0. The molecule has 1 aromatic carbocycles. The van der Waals surface area contributed by atoms with Gasteiger partial charge in [0.2, 0.25) is 5.91 Å². The van der Waals surface area contributed by atoms with E-state index in [1.165, 1.54) is 0 Å². The molecular weight excluding hydrogens is 423 g/mol. The van der Waals surface area contributed by atoms with Crippen molar-refractivity contribution in [1.29, 1.82) is 0 Å².